The lowest BCUT2D eigenvalue weighted by Gasteiger charge is -2.10. The zero-order valence-electron chi connectivity index (χ0n) is 9.65. The third-order valence-electron chi connectivity index (χ3n) is 2.38. The summed E-state index contributed by atoms with van der Waals surface area (Å²) in [4.78, 5) is 11.0. The van der Waals surface area contributed by atoms with Gasteiger partial charge in [0.2, 0.25) is 0 Å². The maximum absolute atomic E-state index is 11.2. The molecule has 2 aromatic carbocycles. The van der Waals surface area contributed by atoms with Crippen molar-refractivity contribution in [2.45, 2.75) is 4.90 Å². The Morgan fingerprint density at radius 3 is 2.26 bits per heavy atom. The maximum atomic E-state index is 11.2. The first-order valence-corrected chi connectivity index (χ1v) is 6.51. The van der Waals surface area contributed by atoms with Crippen LogP contribution in [0.25, 0.3) is 0 Å². The highest BCUT2D eigenvalue weighted by atomic mass is 32.2. The molecule has 2 rings (SSSR count). The number of carboxylic acids is 1. The number of aromatic carboxylic acids is 1. The molecular weight excluding hydrogens is 268 g/mol. The Labute approximate surface area is 111 Å². The van der Waals surface area contributed by atoms with Crippen molar-refractivity contribution in [2.24, 2.45) is 0 Å². The maximum Gasteiger partial charge on any atom is 0.339 e. The smallest absolute Gasteiger partial charge is 0.339 e. The summed E-state index contributed by atoms with van der Waals surface area (Å²) in [5, 5.41) is 9.07. The number of hydrogen-bond donors (Lipinski definition) is 2. The number of ether oxygens (including phenoxy) is 1. The van der Waals surface area contributed by atoms with Crippen LogP contribution in [0.1, 0.15) is 10.4 Å². The molecule has 0 fully saturated rings. The number of para-hydroxylation sites is 2. The van der Waals surface area contributed by atoms with Crippen LogP contribution in [0.15, 0.2) is 53.4 Å². The molecule has 2 aromatic rings. The van der Waals surface area contributed by atoms with Gasteiger partial charge in [0.25, 0.3) is 0 Å². The molecule has 0 aromatic heterocycles. The van der Waals surface area contributed by atoms with E-state index in [1.165, 1.54) is 18.2 Å². The van der Waals surface area contributed by atoms with E-state index in [1.807, 2.05) is 0 Å². The van der Waals surface area contributed by atoms with Crippen molar-refractivity contribution in [1.29, 1.82) is 0 Å². The summed E-state index contributed by atoms with van der Waals surface area (Å²) < 4.78 is 27.7. The molecule has 0 radical (unpaired) electrons. The lowest BCUT2D eigenvalue weighted by Crippen LogP contribution is -2.02. The Morgan fingerprint density at radius 2 is 1.68 bits per heavy atom. The topological polar surface area (TPSA) is 80.7 Å². The number of rotatable bonds is 4. The number of thiol groups is 1. The molecule has 98 valence electrons. The number of hydrogen-bond acceptors (Lipinski definition) is 4. The van der Waals surface area contributed by atoms with Gasteiger partial charge in [0, 0.05) is 0 Å². The van der Waals surface area contributed by atoms with Gasteiger partial charge in [-0.3, -0.25) is 0 Å². The van der Waals surface area contributed by atoms with Crippen LogP contribution in [0, 0.1) is 0 Å². The predicted octanol–water partition coefficient (Wildman–Crippen LogP) is 2.15. The summed E-state index contributed by atoms with van der Waals surface area (Å²) in [7, 11) is -2.94. The van der Waals surface area contributed by atoms with Crippen molar-refractivity contribution < 1.29 is 23.1 Å². The van der Waals surface area contributed by atoms with E-state index in [4.69, 9.17) is 9.84 Å². The second-order valence-electron chi connectivity index (χ2n) is 3.63. The summed E-state index contributed by atoms with van der Waals surface area (Å²) in [6.45, 7) is 0. The summed E-state index contributed by atoms with van der Waals surface area (Å²) in [5.41, 5.74) is -0.194. The Balaban J connectivity index is 2.56. The first kappa shape index (κ1) is 13.1. The van der Waals surface area contributed by atoms with Gasteiger partial charge in [0.15, 0.2) is 16.5 Å². The SMILES string of the molecule is O=C(O)c1cccc([SH](=O)=O)c1Oc1ccccc1. The molecule has 0 atom stereocenters. The van der Waals surface area contributed by atoms with Gasteiger partial charge >= 0.3 is 5.97 Å². The molecule has 0 amide bonds. The van der Waals surface area contributed by atoms with Crippen LogP contribution < -0.4 is 4.74 Å². The zero-order chi connectivity index (χ0) is 13.8. The van der Waals surface area contributed by atoms with Gasteiger partial charge in [-0.05, 0) is 24.3 Å². The van der Waals surface area contributed by atoms with Gasteiger partial charge in [0.1, 0.15) is 16.2 Å². The van der Waals surface area contributed by atoms with Gasteiger partial charge in [-0.2, -0.15) is 0 Å². The van der Waals surface area contributed by atoms with E-state index < -0.39 is 16.7 Å². The summed E-state index contributed by atoms with van der Waals surface area (Å²) in [6, 6.07) is 12.4. The zero-order valence-corrected chi connectivity index (χ0v) is 10.5. The minimum atomic E-state index is -2.94. The predicted molar refractivity (Wildman–Crippen MR) is 68.5 cm³/mol. The third-order valence-corrected chi connectivity index (χ3v) is 3.13. The van der Waals surface area contributed by atoms with Crippen LogP contribution in [0.3, 0.4) is 0 Å². The van der Waals surface area contributed by atoms with Crippen LogP contribution >= 0.6 is 0 Å². The van der Waals surface area contributed by atoms with Crippen LogP contribution in [-0.4, -0.2) is 19.5 Å². The van der Waals surface area contributed by atoms with Crippen molar-refractivity contribution in [3.63, 3.8) is 0 Å². The van der Waals surface area contributed by atoms with Crippen molar-refractivity contribution in [3.05, 3.63) is 54.1 Å². The molecule has 0 unspecified atom stereocenters. The number of benzene rings is 2. The fourth-order valence-electron chi connectivity index (χ4n) is 1.55. The Hall–Kier alpha value is -2.34. The Morgan fingerprint density at radius 1 is 1.00 bits per heavy atom. The van der Waals surface area contributed by atoms with E-state index in [0.29, 0.717) is 5.75 Å². The average molecular weight is 278 g/mol. The molecule has 0 spiro atoms. The van der Waals surface area contributed by atoms with Crippen molar-refractivity contribution >= 4 is 16.7 Å². The lowest BCUT2D eigenvalue weighted by molar-refractivity contribution is 0.0693. The fourth-order valence-corrected chi connectivity index (χ4v) is 2.09. The molecule has 1 N–H and O–H groups in total. The molecule has 0 saturated carbocycles. The van der Waals surface area contributed by atoms with E-state index in [1.54, 1.807) is 30.3 Å². The van der Waals surface area contributed by atoms with Crippen LogP contribution in [-0.2, 0) is 10.7 Å². The van der Waals surface area contributed by atoms with E-state index in [2.05, 4.69) is 0 Å². The lowest BCUT2D eigenvalue weighted by atomic mass is 10.2. The highest BCUT2D eigenvalue weighted by Crippen LogP contribution is 2.30. The van der Waals surface area contributed by atoms with E-state index >= 15 is 0 Å². The second-order valence-corrected chi connectivity index (χ2v) is 4.63. The highest BCUT2D eigenvalue weighted by Gasteiger charge is 2.17. The molecular formula is C13H10O5S. The quantitative estimate of drug-likeness (QED) is 0.837. The monoisotopic (exact) mass is 278 g/mol. The number of carboxylic acid groups (broad SMARTS) is 1. The second kappa shape index (κ2) is 5.53. The van der Waals surface area contributed by atoms with Gasteiger partial charge in [0.05, 0.1) is 0 Å². The Kier molecular flexibility index (Phi) is 3.82. The van der Waals surface area contributed by atoms with Crippen molar-refractivity contribution in [1.82, 2.24) is 0 Å². The van der Waals surface area contributed by atoms with E-state index in [0.717, 1.165) is 0 Å². The first-order chi connectivity index (χ1) is 9.09. The summed E-state index contributed by atoms with van der Waals surface area (Å²) >= 11 is 0. The average Bonchev–Trinajstić information content (AvgIpc) is 2.39. The van der Waals surface area contributed by atoms with E-state index in [-0.39, 0.29) is 16.2 Å². The summed E-state index contributed by atoms with van der Waals surface area (Å²) in [5.74, 6) is -1.05. The molecule has 0 heterocycles. The van der Waals surface area contributed by atoms with Crippen molar-refractivity contribution in [2.75, 3.05) is 0 Å². The molecule has 19 heavy (non-hydrogen) atoms. The Bertz CT molecular complexity index is 669. The minimum Gasteiger partial charge on any atom is -0.478 e. The first-order valence-electron chi connectivity index (χ1n) is 5.33. The molecule has 0 bridgehead atoms. The third kappa shape index (κ3) is 2.92. The van der Waals surface area contributed by atoms with Gasteiger partial charge in [-0.25, -0.2) is 13.2 Å². The molecule has 0 saturated heterocycles. The normalized spacial score (nSPS) is 10.4. The van der Waals surface area contributed by atoms with Gasteiger partial charge in [-0.15, -0.1) is 0 Å². The molecule has 6 heteroatoms. The highest BCUT2D eigenvalue weighted by molar-refractivity contribution is 7.72. The summed E-state index contributed by atoms with van der Waals surface area (Å²) in [6.07, 6.45) is 0. The molecule has 5 nitrogen and oxygen atoms in total. The van der Waals surface area contributed by atoms with Crippen LogP contribution in [0.2, 0.25) is 0 Å². The van der Waals surface area contributed by atoms with Crippen LogP contribution in [0.5, 0.6) is 11.5 Å². The number of carbonyl (C=O) groups is 1. The fraction of sp³-hybridized carbons (Fsp3) is 0. The van der Waals surface area contributed by atoms with Gasteiger partial charge < -0.3 is 9.84 Å². The van der Waals surface area contributed by atoms with Crippen LogP contribution in [0.4, 0.5) is 0 Å². The molecule has 0 aliphatic carbocycles. The largest absolute Gasteiger partial charge is 0.478 e. The van der Waals surface area contributed by atoms with Crippen molar-refractivity contribution in [3.8, 4) is 11.5 Å². The van der Waals surface area contributed by atoms with Gasteiger partial charge in [-0.1, -0.05) is 24.3 Å². The standard InChI is InChI=1S/C13H10O5S/c14-13(15)10-7-4-8-11(19(16)17)12(10)18-9-5-2-1-3-6-9/h1-8,19H,(H,14,15). The molecule has 0 aliphatic rings. The minimum absolute atomic E-state index is 0.154. The molecule has 0 aliphatic heterocycles. The van der Waals surface area contributed by atoms with E-state index in [9.17, 15) is 13.2 Å².